The quantitative estimate of drug-likeness (QED) is 0.835. The molecule has 2 rings (SSSR count). The Hall–Kier alpha value is -1.43. The molecule has 0 aliphatic heterocycles. The van der Waals surface area contributed by atoms with Crippen molar-refractivity contribution in [1.29, 1.82) is 0 Å². The number of nitrogens with one attached hydrogen (secondary N) is 1. The second-order valence-electron chi connectivity index (χ2n) is 5.35. The van der Waals surface area contributed by atoms with E-state index in [4.69, 9.17) is 4.42 Å². The van der Waals surface area contributed by atoms with Crippen LogP contribution in [0.4, 0.5) is 0 Å². The zero-order valence-corrected chi connectivity index (χ0v) is 12.5. The molecule has 1 amide bonds. The highest BCUT2D eigenvalue weighted by molar-refractivity contribution is 7.98. The predicted molar refractivity (Wildman–Crippen MR) is 76.0 cm³/mol. The van der Waals surface area contributed by atoms with Crippen molar-refractivity contribution in [2.75, 3.05) is 6.26 Å². The fourth-order valence-electron chi connectivity index (χ4n) is 2.48. The third kappa shape index (κ3) is 3.00. The first-order valence-corrected chi connectivity index (χ1v) is 7.89. The van der Waals surface area contributed by atoms with Gasteiger partial charge in [-0.2, -0.15) is 0 Å². The van der Waals surface area contributed by atoms with Gasteiger partial charge in [0.1, 0.15) is 5.54 Å². The lowest BCUT2D eigenvalue weighted by atomic mass is 9.77. The van der Waals surface area contributed by atoms with Gasteiger partial charge >= 0.3 is 5.97 Å². The number of hydrogen-bond acceptors (Lipinski definition) is 4. The van der Waals surface area contributed by atoms with Crippen LogP contribution in [-0.2, 0) is 4.79 Å². The molecule has 20 heavy (non-hydrogen) atoms. The Morgan fingerprint density at radius 3 is 2.55 bits per heavy atom. The lowest BCUT2D eigenvalue weighted by Crippen LogP contribution is -2.56. The van der Waals surface area contributed by atoms with Gasteiger partial charge in [-0.25, -0.2) is 4.79 Å². The highest BCUT2D eigenvalue weighted by Crippen LogP contribution is 2.32. The predicted octanol–water partition coefficient (Wildman–Crippen LogP) is 2.76. The maximum absolute atomic E-state index is 12.2. The van der Waals surface area contributed by atoms with E-state index < -0.39 is 17.4 Å². The van der Waals surface area contributed by atoms with Crippen LogP contribution in [0.2, 0.25) is 0 Å². The van der Waals surface area contributed by atoms with E-state index in [9.17, 15) is 14.7 Å². The third-order valence-electron chi connectivity index (χ3n) is 3.90. The van der Waals surface area contributed by atoms with E-state index in [1.165, 1.54) is 11.8 Å². The molecule has 1 aliphatic carbocycles. The van der Waals surface area contributed by atoms with Crippen molar-refractivity contribution in [2.45, 2.75) is 43.2 Å². The van der Waals surface area contributed by atoms with Gasteiger partial charge in [0.05, 0.1) is 0 Å². The first-order valence-electron chi connectivity index (χ1n) is 6.66. The normalized spacial score (nSPS) is 26.2. The van der Waals surface area contributed by atoms with Crippen LogP contribution in [0.15, 0.2) is 21.6 Å². The van der Waals surface area contributed by atoms with E-state index in [-0.39, 0.29) is 5.76 Å². The Morgan fingerprint density at radius 2 is 2.05 bits per heavy atom. The maximum atomic E-state index is 12.2. The molecule has 5 nitrogen and oxygen atoms in total. The van der Waals surface area contributed by atoms with E-state index >= 15 is 0 Å². The monoisotopic (exact) mass is 297 g/mol. The van der Waals surface area contributed by atoms with Crippen molar-refractivity contribution in [3.8, 4) is 0 Å². The van der Waals surface area contributed by atoms with Crippen molar-refractivity contribution in [3.63, 3.8) is 0 Å². The molecule has 0 unspecified atom stereocenters. The van der Waals surface area contributed by atoms with E-state index in [2.05, 4.69) is 12.2 Å². The van der Waals surface area contributed by atoms with Crippen LogP contribution in [0.1, 0.15) is 43.2 Å². The largest absolute Gasteiger partial charge is 0.480 e. The van der Waals surface area contributed by atoms with Gasteiger partial charge in [0.2, 0.25) is 0 Å². The lowest BCUT2D eigenvalue weighted by molar-refractivity contribution is -0.146. The summed E-state index contributed by atoms with van der Waals surface area (Å²) in [5.74, 6) is -0.753. The minimum absolute atomic E-state index is 0.161. The molecule has 6 heteroatoms. The van der Waals surface area contributed by atoms with Crippen molar-refractivity contribution in [3.05, 3.63) is 17.9 Å². The SMILES string of the molecule is CSc1ccc(C(=O)NC2(C(=O)O)CCC(C)CC2)o1. The molecule has 110 valence electrons. The van der Waals surface area contributed by atoms with E-state index in [1.54, 1.807) is 12.1 Å². The van der Waals surface area contributed by atoms with Crippen LogP contribution in [0.25, 0.3) is 0 Å². The molecule has 2 N–H and O–H groups in total. The molecule has 0 bridgehead atoms. The molecule has 0 spiro atoms. The molecule has 1 aromatic heterocycles. The van der Waals surface area contributed by atoms with Crippen LogP contribution in [0, 0.1) is 5.92 Å². The Balaban J connectivity index is 2.12. The number of amides is 1. The summed E-state index contributed by atoms with van der Waals surface area (Å²) in [6.07, 6.45) is 4.39. The molecule has 1 aliphatic rings. The molecular formula is C14H19NO4S. The number of carbonyl (C=O) groups is 2. The van der Waals surface area contributed by atoms with E-state index in [0.29, 0.717) is 23.9 Å². The van der Waals surface area contributed by atoms with Gasteiger partial charge < -0.3 is 14.8 Å². The van der Waals surface area contributed by atoms with E-state index in [0.717, 1.165) is 12.8 Å². The van der Waals surface area contributed by atoms with Crippen molar-refractivity contribution in [1.82, 2.24) is 5.32 Å². The molecule has 0 radical (unpaired) electrons. The van der Waals surface area contributed by atoms with Gasteiger partial charge in [0.25, 0.3) is 5.91 Å². The molecule has 1 heterocycles. The first kappa shape index (κ1) is 15.0. The number of rotatable bonds is 4. The van der Waals surface area contributed by atoms with Crippen LogP contribution >= 0.6 is 11.8 Å². The summed E-state index contributed by atoms with van der Waals surface area (Å²) in [5, 5.41) is 12.8. The Bertz CT molecular complexity index is 503. The lowest BCUT2D eigenvalue weighted by Gasteiger charge is -2.36. The minimum Gasteiger partial charge on any atom is -0.480 e. The van der Waals surface area contributed by atoms with Gasteiger partial charge in [0.15, 0.2) is 10.9 Å². The molecule has 0 saturated heterocycles. The summed E-state index contributed by atoms with van der Waals surface area (Å²) in [7, 11) is 0. The number of carboxylic acid groups (broad SMARTS) is 1. The zero-order valence-electron chi connectivity index (χ0n) is 11.6. The fraction of sp³-hybridized carbons (Fsp3) is 0.571. The van der Waals surface area contributed by atoms with Gasteiger partial charge in [-0.1, -0.05) is 18.7 Å². The summed E-state index contributed by atoms with van der Waals surface area (Å²) in [4.78, 5) is 23.7. The Morgan fingerprint density at radius 1 is 1.40 bits per heavy atom. The number of carboxylic acids is 1. The fourth-order valence-corrected chi connectivity index (χ4v) is 2.86. The Kier molecular flexibility index (Phi) is 4.42. The number of aliphatic carboxylic acids is 1. The van der Waals surface area contributed by atoms with Crippen LogP contribution < -0.4 is 5.32 Å². The summed E-state index contributed by atoms with van der Waals surface area (Å²) in [6.45, 7) is 2.10. The molecule has 1 aromatic rings. The second-order valence-corrected chi connectivity index (χ2v) is 6.16. The maximum Gasteiger partial charge on any atom is 0.329 e. The second kappa shape index (κ2) is 5.91. The zero-order chi connectivity index (χ0) is 14.8. The minimum atomic E-state index is -1.16. The van der Waals surface area contributed by atoms with Crippen LogP contribution in [0.5, 0.6) is 0 Å². The number of thioether (sulfide) groups is 1. The third-order valence-corrected chi connectivity index (χ3v) is 4.52. The van der Waals surface area contributed by atoms with Gasteiger partial charge in [-0.3, -0.25) is 4.79 Å². The van der Waals surface area contributed by atoms with Crippen molar-refractivity contribution in [2.24, 2.45) is 5.92 Å². The van der Waals surface area contributed by atoms with Crippen molar-refractivity contribution < 1.29 is 19.1 Å². The summed E-state index contributed by atoms with van der Waals surface area (Å²) in [6, 6.07) is 3.28. The van der Waals surface area contributed by atoms with Crippen LogP contribution in [-0.4, -0.2) is 28.8 Å². The summed E-state index contributed by atoms with van der Waals surface area (Å²) < 4.78 is 5.34. The molecule has 1 saturated carbocycles. The van der Waals surface area contributed by atoms with Crippen molar-refractivity contribution >= 4 is 23.6 Å². The number of carbonyl (C=O) groups excluding carboxylic acids is 1. The van der Waals surface area contributed by atoms with Gasteiger partial charge in [-0.15, -0.1) is 0 Å². The Labute approximate surface area is 122 Å². The molecule has 1 fully saturated rings. The average molecular weight is 297 g/mol. The molecular weight excluding hydrogens is 278 g/mol. The number of furan rings is 1. The highest BCUT2D eigenvalue weighted by Gasteiger charge is 2.43. The topological polar surface area (TPSA) is 79.5 Å². The number of hydrogen-bond donors (Lipinski definition) is 2. The standard InChI is InChI=1S/C14H19NO4S/c1-9-5-7-14(8-6-9,13(17)18)15-12(16)10-3-4-11(19-10)20-2/h3-4,9H,5-8H2,1-2H3,(H,15,16)(H,17,18). The molecule has 0 aromatic carbocycles. The van der Waals surface area contributed by atoms with Crippen LogP contribution in [0.3, 0.4) is 0 Å². The smallest absolute Gasteiger partial charge is 0.329 e. The highest BCUT2D eigenvalue weighted by atomic mass is 32.2. The first-order chi connectivity index (χ1) is 9.47. The van der Waals surface area contributed by atoms with E-state index in [1.807, 2.05) is 6.26 Å². The summed E-state index contributed by atoms with van der Waals surface area (Å²) in [5.41, 5.74) is -1.16. The van der Waals surface area contributed by atoms with Gasteiger partial charge in [0, 0.05) is 0 Å². The van der Waals surface area contributed by atoms with Gasteiger partial charge in [-0.05, 0) is 50.0 Å². The summed E-state index contributed by atoms with van der Waals surface area (Å²) >= 11 is 1.40. The molecule has 0 atom stereocenters. The average Bonchev–Trinajstić information content (AvgIpc) is 2.90.